The molecule has 0 N–H and O–H groups in total. The van der Waals surface area contributed by atoms with Gasteiger partial charge in [0, 0.05) is 6.42 Å². The summed E-state index contributed by atoms with van der Waals surface area (Å²) in [6.07, 6.45) is 2.73. The molecule has 1 fully saturated rings. The molecule has 17 heavy (non-hydrogen) atoms. The van der Waals surface area contributed by atoms with Crippen molar-refractivity contribution < 1.29 is 4.79 Å². The molecule has 1 atom stereocenters. The highest BCUT2D eigenvalue weighted by Gasteiger charge is 2.42. The van der Waals surface area contributed by atoms with Gasteiger partial charge in [-0.2, -0.15) is 5.26 Å². The van der Waals surface area contributed by atoms with Gasteiger partial charge >= 0.3 is 0 Å². The van der Waals surface area contributed by atoms with Gasteiger partial charge in [0.25, 0.3) is 0 Å². The second-order valence-electron chi connectivity index (χ2n) is 5.02. The molecule has 0 spiro atoms. The molecule has 0 aromatic heterocycles. The molecule has 1 aliphatic carbocycles. The first-order chi connectivity index (χ1) is 8.09. The molecule has 0 saturated heterocycles. The summed E-state index contributed by atoms with van der Waals surface area (Å²) in [5, 5.41) is 9.36. The van der Waals surface area contributed by atoms with Gasteiger partial charge in [-0.15, -0.1) is 0 Å². The SMILES string of the molecule is Cc1cccc(C)c1CC1(C#N)CCCC1=O. The topological polar surface area (TPSA) is 40.9 Å². The van der Waals surface area contributed by atoms with Crippen molar-refractivity contribution in [2.75, 3.05) is 0 Å². The Morgan fingerprint density at radius 2 is 2.00 bits per heavy atom. The number of carbonyl (C=O) groups excluding carboxylic acids is 1. The summed E-state index contributed by atoms with van der Waals surface area (Å²) < 4.78 is 0. The van der Waals surface area contributed by atoms with Crippen LogP contribution >= 0.6 is 0 Å². The minimum Gasteiger partial charge on any atom is -0.298 e. The minimum absolute atomic E-state index is 0.127. The number of aryl methyl sites for hydroxylation is 2. The van der Waals surface area contributed by atoms with Crippen LogP contribution < -0.4 is 0 Å². The predicted octanol–water partition coefficient (Wildman–Crippen LogP) is 3.11. The normalized spacial score (nSPS) is 23.7. The lowest BCUT2D eigenvalue weighted by Gasteiger charge is -2.21. The Morgan fingerprint density at radius 1 is 1.35 bits per heavy atom. The molecule has 0 bridgehead atoms. The van der Waals surface area contributed by atoms with Crippen molar-refractivity contribution in [1.29, 1.82) is 5.26 Å². The molecule has 2 rings (SSSR count). The van der Waals surface area contributed by atoms with Crippen LogP contribution in [0.3, 0.4) is 0 Å². The van der Waals surface area contributed by atoms with Crippen LogP contribution in [-0.4, -0.2) is 5.78 Å². The van der Waals surface area contributed by atoms with Crippen molar-refractivity contribution in [3.05, 3.63) is 34.9 Å². The number of carbonyl (C=O) groups is 1. The van der Waals surface area contributed by atoms with Gasteiger partial charge in [-0.25, -0.2) is 0 Å². The zero-order valence-corrected chi connectivity index (χ0v) is 10.4. The molecule has 1 aromatic carbocycles. The largest absolute Gasteiger partial charge is 0.298 e. The first-order valence-corrected chi connectivity index (χ1v) is 6.09. The zero-order valence-electron chi connectivity index (χ0n) is 10.4. The third-order valence-corrected chi connectivity index (χ3v) is 3.88. The molecule has 88 valence electrons. The summed E-state index contributed by atoms with van der Waals surface area (Å²) >= 11 is 0. The van der Waals surface area contributed by atoms with E-state index in [1.165, 1.54) is 16.7 Å². The van der Waals surface area contributed by atoms with Gasteiger partial charge in [0.15, 0.2) is 5.78 Å². The van der Waals surface area contributed by atoms with E-state index in [0.717, 1.165) is 12.8 Å². The highest BCUT2D eigenvalue weighted by atomic mass is 16.1. The first kappa shape index (κ1) is 11.9. The van der Waals surface area contributed by atoms with Crippen LogP contribution in [0.2, 0.25) is 0 Å². The third-order valence-electron chi connectivity index (χ3n) is 3.88. The molecule has 0 heterocycles. The number of nitriles is 1. The lowest BCUT2D eigenvalue weighted by molar-refractivity contribution is -0.123. The van der Waals surface area contributed by atoms with E-state index < -0.39 is 5.41 Å². The molecule has 1 saturated carbocycles. The number of hydrogen-bond donors (Lipinski definition) is 0. The van der Waals surface area contributed by atoms with E-state index in [4.69, 9.17) is 0 Å². The Morgan fingerprint density at radius 3 is 2.47 bits per heavy atom. The molecular weight excluding hydrogens is 210 g/mol. The van der Waals surface area contributed by atoms with Gasteiger partial charge < -0.3 is 0 Å². The van der Waals surface area contributed by atoms with Crippen LogP contribution in [0.25, 0.3) is 0 Å². The highest BCUT2D eigenvalue weighted by molar-refractivity contribution is 5.89. The molecule has 2 heteroatoms. The van der Waals surface area contributed by atoms with Crippen LogP contribution in [-0.2, 0) is 11.2 Å². The number of rotatable bonds is 2. The van der Waals surface area contributed by atoms with Crippen LogP contribution in [0.15, 0.2) is 18.2 Å². The molecule has 0 aliphatic heterocycles. The summed E-state index contributed by atoms with van der Waals surface area (Å²) in [6, 6.07) is 8.40. The van der Waals surface area contributed by atoms with E-state index in [-0.39, 0.29) is 5.78 Å². The van der Waals surface area contributed by atoms with Crippen molar-refractivity contribution in [3.8, 4) is 6.07 Å². The van der Waals surface area contributed by atoms with E-state index in [0.29, 0.717) is 12.8 Å². The number of benzene rings is 1. The molecule has 2 nitrogen and oxygen atoms in total. The van der Waals surface area contributed by atoms with Crippen molar-refractivity contribution in [1.82, 2.24) is 0 Å². The van der Waals surface area contributed by atoms with Gasteiger partial charge in [-0.3, -0.25) is 4.79 Å². The summed E-state index contributed by atoms with van der Waals surface area (Å²) in [7, 11) is 0. The minimum atomic E-state index is -0.753. The average molecular weight is 227 g/mol. The molecule has 0 radical (unpaired) electrons. The van der Waals surface area contributed by atoms with E-state index in [9.17, 15) is 10.1 Å². The second kappa shape index (κ2) is 4.33. The number of ketones is 1. The summed E-state index contributed by atoms with van der Waals surface area (Å²) in [6.45, 7) is 4.10. The maximum Gasteiger partial charge on any atom is 0.153 e. The first-order valence-electron chi connectivity index (χ1n) is 6.09. The van der Waals surface area contributed by atoms with Gasteiger partial charge in [0.05, 0.1) is 6.07 Å². The Hall–Kier alpha value is -1.62. The Kier molecular flexibility index (Phi) is 3.02. The summed E-state index contributed by atoms with van der Waals surface area (Å²) in [5.41, 5.74) is 2.78. The predicted molar refractivity (Wildman–Crippen MR) is 66.5 cm³/mol. The number of nitrogens with zero attached hydrogens (tertiary/aromatic N) is 1. The van der Waals surface area contributed by atoms with Gasteiger partial charge in [0.2, 0.25) is 0 Å². The molecule has 1 aromatic rings. The monoisotopic (exact) mass is 227 g/mol. The molecule has 0 amide bonds. The second-order valence-corrected chi connectivity index (χ2v) is 5.02. The maximum absolute atomic E-state index is 11.9. The Labute approximate surface area is 102 Å². The van der Waals surface area contributed by atoms with Crippen molar-refractivity contribution in [3.63, 3.8) is 0 Å². The summed E-state index contributed by atoms with van der Waals surface area (Å²) in [5.74, 6) is 0.127. The lowest BCUT2D eigenvalue weighted by Crippen LogP contribution is -2.27. The number of Topliss-reactive ketones (excluding diaryl/α,β-unsaturated/α-hetero) is 1. The maximum atomic E-state index is 11.9. The van der Waals surface area contributed by atoms with Crippen LogP contribution in [0.4, 0.5) is 0 Å². The highest BCUT2D eigenvalue weighted by Crippen LogP contribution is 2.38. The van der Waals surface area contributed by atoms with E-state index in [1.807, 2.05) is 32.0 Å². The molecule has 1 aliphatic rings. The fourth-order valence-electron chi connectivity index (χ4n) is 2.70. The van der Waals surface area contributed by atoms with Crippen molar-refractivity contribution in [2.45, 2.75) is 39.5 Å². The van der Waals surface area contributed by atoms with E-state index >= 15 is 0 Å². The van der Waals surface area contributed by atoms with Gasteiger partial charge in [-0.05, 0) is 49.8 Å². The van der Waals surface area contributed by atoms with Gasteiger partial charge in [0.1, 0.15) is 5.41 Å². The van der Waals surface area contributed by atoms with Crippen LogP contribution in [0.1, 0.15) is 36.0 Å². The molecular formula is C15H17NO. The van der Waals surface area contributed by atoms with Crippen LogP contribution in [0.5, 0.6) is 0 Å². The van der Waals surface area contributed by atoms with Crippen molar-refractivity contribution >= 4 is 5.78 Å². The quantitative estimate of drug-likeness (QED) is 0.779. The smallest absolute Gasteiger partial charge is 0.153 e. The molecule has 1 unspecified atom stereocenters. The van der Waals surface area contributed by atoms with Crippen LogP contribution in [0, 0.1) is 30.6 Å². The lowest BCUT2D eigenvalue weighted by atomic mass is 9.78. The number of hydrogen-bond acceptors (Lipinski definition) is 2. The fraction of sp³-hybridized carbons (Fsp3) is 0.467. The fourth-order valence-corrected chi connectivity index (χ4v) is 2.70. The van der Waals surface area contributed by atoms with E-state index in [1.54, 1.807) is 0 Å². The average Bonchev–Trinajstić information content (AvgIpc) is 2.66. The van der Waals surface area contributed by atoms with Gasteiger partial charge in [-0.1, -0.05) is 18.2 Å². The third kappa shape index (κ3) is 1.98. The van der Waals surface area contributed by atoms with Crippen molar-refractivity contribution in [2.24, 2.45) is 5.41 Å². The Balaban J connectivity index is 2.38. The standard InChI is InChI=1S/C15H17NO/c1-11-5-3-6-12(2)13(11)9-15(10-16)8-4-7-14(15)17/h3,5-6H,4,7-9H2,1-2H3. The summed E-state index contributed by atoms with van der Waals surface area (Å²) in [4.78, 5) is 11.9. The Bertz CT molecular complexity index is 478. The van der Waals surface area contributed by atoms with E-state index in [2.05, 4.69) is 6.07 Å². The zero-order chi connectivity index (χ0) is 12.5.